The average molecular weight is 237 g/mol. The maximum atomic E-state index is 13.9. The monoisotopic (exact) mass is 237 g/mol. The molecule has 0 radical (unpaired) electrons. The van der Waals surface area contributed by atoms with Crippen LogP contribution in [-0.2, 0) is 0 Å². The van der Waals surface area contributed by atoms with Gasteiger partial charge in [0, 0.05) is 17.0 Å². The molecule has 1 aromatic heterocycles. The van der Waals surface area contributed by atoms with E-state index in [1.807, 2.05) is 0 Å². The lowest BCUT2D eigenvalue weighted by Gasteiger charge is -2.23. The maximum Gasteiger partial charge on any atom is 0.169 e. The summed E-state index contributed by atoms with van der Waals surface area (Å²) in [4.78, 5) is 0. The Hall–Kier alpha value is -1.42. The van der Waals surface area contributed by atoms with Crippen molar-refractivity contribution in [1.29, 1.82) is 0 Å². The Kier molecular flexibility index (Phi) is 2.59. The molecule has 0 atom stereocenters. The summed E-state index contributed by atoms with van der Waals surface area (Å²) in [5.41, 5.74) is 0.775. The molecule has 0 unspecified atom stereocenters. The predicted molar refractivity (Wildman–Crippen MR) is 61.0 cm³/mol. The van der Waals surface area contributed by atoms with Gasteiger partial charge in [0.15, 0.2) is 11.4 Å². The minimum absolute atomic E-state index is 0.150. The van der Waals surface area contributed by atoms with Crippen LogP contribution in [0.1, 0.15) is 24.3 Å². The first kappa shape index (κ1) is 10.7. The van der Waals surface area contributed by atoms with Crippen LogP contribution in [0.15, 0.2) is 22.8 Å². The van der Waals surface area contributed by atoms with E-state index >= 15 is 0 Å². The van der Waals surface area contributed by atoms with Crippen LogP contribution < -0.4 is 5.32 Å². The third-order valence-corrected chi connectivity index (χ3v) is 3.43. The molecule has 4 heteroatoms. The highest BCUT2D eigenvalue weighted by Gasteiger charge is 2.23. The minimum Gasteiger partial charge on any atom is -0.461 e. The van der Waals surface area contributed by atoms with Gasteiger partial charge >= 0.3 is 0 Å². The summed E-state index contributed by atoms with van der Waals surface area (Å²) in [5, 5.41) is 3.82. The Bertz CT molecular complexity index is 544. The third kappa shape index (κ3) is 1.72. The Labute approximate surface area is 97.6 Å². The van der Waals surface area contributed by atoms with Crippen LogP contribution in [0.25, 0.3) is 11.0 Å². The molecule has 90 valence electrons. The first-order valence-electron chi connectivity index (χ1n) is 5.83. The molecule has 2 heterocycles. The van der Waals surface area contributed by atoms with Crippen molar-refractivity contribution in [3.05, 3.63) is 35.6 Å². The van der Waals surface area contributed by atoms with Gasteiger partial charge in [0.2, 0.25) is 0 Å². The number of rotatable bonds is 1. The molecule has 1 saturated heterocycles. The van der Waals surface area contributed by atoms with Crippen molar-refractivity contribution in [2.75, 3.05) is 13.1 Å². The number of furan rings is 1. The van der Waals surface area contributed by atoms with Gasteiger partial charge in [-0.15, -0.1) is 0 Å². The maximum absolute atomic E-state index is 13.9. The lowest BCUT2D eigenvalue weighted by Crippen LogP contribution is -2.27. The summed E-state index contributed by atoms with van der Waals surface area (Å²) >= 11 is 0. The average Bonchev–Trinajstić information content (AvgIpc) is 2.79. The summed E-state index contributed by atoms with van der Waals surface area (Å²) in [5.74, 6) is -0.930. The van der Waals surface area contributed by atoms with E-state index in [9.17, 15) is 8.78 Å². The lowest BCUT2D eigenvalue weighted by molar-refractivity contribution is 0.445. The fourth-order valence-corrected chi connectivity index (χ4v) is 2.62. The fourth-order valence-electron chi connectivity index (χ4n) is 2.62. The SMILES string of the molecule is Fc1cc(F)c2occc2c1C1CCNCC1. The van der Waals surface area contributed by atoms with Gasteiger partial charge in [-0.25, -0.2) is 8.78 Å². The van der Waals surface area contributed by atoms with E-state index in [-0.39, 0.29) is 11.5 Å². The van der Waals surface area contributed by atoms with E-state index < -0.39 is 11.6 Å². The van der Waals surface area contributed by atoms with Gasteiger partial charge in [-0.05, 0) is 37.9 Å². The number of fused-ring (bicyclic) bond motifs is 1. The van der Waals surface area contributed by atoms with Gasteiger partial charge in [-0.3, -0.25) is 0 Å². The Morgan fingerprint density at radius 2 is 1.94 bits per heavy atom. The second-order valence-electron chi connectivity index (χ2n) is 4.44. The molecule has 1 fully saturated rings. The summed E-state index contributed by atoms with van der Waals surface area (Å²) < 4.78 is 32.5. The number of benzene rings is 1. The van der Waals surface area contributed by atoms with E-state index in [1.165, 1.54) is 6.26 Å². The summed E-state index contributed by atoms with van der Waals surface area (Å²) in [6, 6.07) is 2.59. The van der Waals surface area contributed by atoms with E-state index in [0.717, 1.165) is 32.0 Å². The molecule has 2 nitrogen and oxygen atoms in total. The molecule has 1 aliphatic rings. The molecule has 0 aliphatic carbocycles. The van der Waals surface area contributed by atoms with Crippen molar-refractivity contribution in [3.8, 4) is 0 Å². The molecule has 3 rings (SSSR count). The zero-order valence-corrected chi connectivity index (χ0v) is 9.30. The highest BCUT2D eigenvalue weighted by molar-refractivity contribution is 5.82. The number of hydrogen-bond acceptors (Lipinski definition) is 2. The summed E-state index contributed by atoms with van der Waals surface area (Å²) in [7, 11) is 0. The molecule has 1 N–H and O–H groups in total. The van der Waals surface area contributed by atoms with Gasteiger partial charge in [0.05, 0.1) is 6.26 Å². The predicted octanol–water partition coefficient (Wildman–Crippen LogP) is 3.18. The van der Waals surface area contributed by atoms with E-state index in [1.54, 1.807) is 6.07 Å². The first-order chi connectivity index (χ1) is 8.27. The molecular formula is C13H13F2NO. The van der Waals surface area contributed by atoms with Crippen molar-refractivity contribution in [2.24, 2.45) is 0 Å². The minimum atomic E-state index is -0.625. The standard InChI is InChI=1S/C13H13F2NO/c14-10-7-11(15)13-9(3-6-17-13)12(10)8-1-4-16-5-2-8/h3,6-8,16H,1-2,4-5H2. The molecule has 0 spiro atoms. The normalized spacial score (nSPS) is 17.8. The molecular weight excluding hydrogens is 224 g/mol. The third-order valence-electron chi connectivity index (χ3n) is 3.43. The summed E-state index contributed by atoms with van der Waals surface area (Å²) in [6.45, 7) is 1.75. The van der Waals surface area contributed by atoms with Crippen molar-refractivity contribution in [2.45, 2.75) is 18.8 Å². The van der Waals surface area contributed by atoms with Gasteiger partial charge in [0.1, 0.15) is 5.82 Å². The molecule has 2 aromatic rings. The highest BCUT2D eigenvalue weighted by Crippen LogP contribution is 2.35. The molecule has 1 aliphatic heterocycles. The Morgan fingerprint density at radius 1 is 1.18 bits per heavy atom. The van der Waals surface area contributed by atoms with Crippen LogP contribution in [0.4, 0.5) is 8.78 Å². The first-order valence-corrected chi connectivity index (χ1v) is 5.83. The van der Waals surface area contributed by atoms with Crippen LogP contribution >= 0.6 is 0 Å². The number of hydrogen-bond donors (Lipinski definition) is 1. The molecule has 17 heavy (non-hydrogen) atoms. The highest BCUT2D eigenvalue weighted by atomic mass is 19.1. The number of halogens is 2. The van der Waals surface area contributed by atoms with E-state index in [4.69, 9.17) is 4.42 Å². The second-order valence-corrected chi connectivity index (χ2v) is 4.44. The molecule has 0 saturated carbocycles. The fraction of sp³-hybridized carbons (Fsp3) is 0.385. The molecule has 1 aromatic carbocycles. The van der Waals surface area contributed by atoms with Crippen molar-refractivity contribution >= 4 is 11.0 Å². The van der Waals surface area contributed by atoms with Crippen LogP contribution in [0.5, 0.6) is 0 Å². The molecule has 0 amide bonds. The lowest BCUT2D eigenvalue weighted by atomic mass is 9.88. The van der Waals surface area contributed by atoms with Crippen molar-refractivity contribution in [3.63, 3.8) is 0 Å². The van der Waals surface area contributed by atoms with Gasteiger partial charge in [0.25, 0.3) is 0 Å². The zero-order valence-electron chi connectivity index (χ0n) is 9.30. The smallest absolute Gasteiger partial charge is 0.169 e. The molecule has 0 bridgehead atoms. The van der Waals surface area contributed by atoms with Crippen LogP contribution in [0.3, 0.4) is 0 Å². The Morgan fingerprint density at radius 3 is 2.71 bits per heavy atom. The van der Waals surface area contributed by atoms with E-state index in [2.05, 4.69) is 5.32 Å². The largest absolute Gasteiger partial charge is 0.461 e. The van der Waals surface area contributed by atoms with Crippen molar-refractivity contribution in [1.82, 2.24) is 5.32 Å². The van der Waals surface area contributed by atoms with Gasteiger partial charge < -0.3 is 9.73 Å². The van der Waals surface area contributed by atoms with E-state index in [0.29, 0.717) is 10.9 Å². The van der Waals surface area contributed by atoms with Gasteiger partial charge in [-0.1, -0.05) is 0 Å². The number of piperidine rings is 1. The Balaban J connectivity index is 2.16. The quantitative estimate of drug-likeness (QED) is 0.824. The van der Waals surface area contributed by atoms with Crippen LogP contribution in [0.2, 0.25) is 0 Å². The zero-order chi connectivity index (χ0) is 11.8. The van der Waals surface area contributed by atoms with Crippen LogP contribution in [-0.4, -0.2) is 13.1 Å². The topological polar surface area (TPSA) is 25.2 Å². The van der Waals surface area contributed by atoms with Crippen molar-refractivity contribution < 1.29 is 13.2 Å². The van der Waals surface area contributed by atoms with Gasteiger partial charge in [-0.2, -0.15) is 0 Å². The van der Waals surface area contributed by atoms with Crippen LogP contribution in [0, 0.1) is 11.6 Å². The second kappa shape index (κ2) is 4.11. The summed E-state index contributed by atoms with van der Waals surface area (Å²) in [6.07, 6.45) is 3.17. The number of nitrogens with one attached hydrogen (secondary N) is 1.